The lowest BCUT2D eigenvalue weighted by Crippen LogP contribution is -2.19. The van der Waals surface area contributed by atoms with Gasteiger partial charge in [-0.3, -0.25) is 0 Å². The number of hydrogen-bond donors (Lipinski definition) is 0. The number of benzene rings is 2. The van der Waals surface area contributed by atoms with E-state index in [2.05, 4.69) is 0 Å². The highest BCUT2D eigenvalue weighted by atomic mass is 16.6. The zero-order valence-corrected chi connectivity index (χ0v) is 15.6. The van der Waals surface area contributed by atoms with Crippen LogP contribution in [0.1, 0.15) is 23.2 Å². The van der Waals surface area contributed by atoms with Crippen LogP contribution >= 0.6 is 0 Å². The normalized spacial score (nSPS) is 15.7. The third-order valence-electron chi connectivity index (χ3n) is 4.14. The molecule has 1 aliphatic heterocycles. The predicted molar refractivity (Wildman–Crippen MR) is 99.8 cm³/mol. The number of esters is 2. The van der Waals surface area contributed by atoms with Crippen molar-refractivity contribution in [2.75, 3.05) is 26.9 Å². The number of ether oxygens (including phenoxy) is 5. The zero-order chi connectivity index (χ0) is 19.8. The van der Waals surface area contributed by atoms with E-state index in [1.54, 1.807) is 49.6 Å². The van der Waals surface area contributed by atoms with E-state index in [0.29, 0.717) is 23.7 Å². The summed E-state index contributed by atoms with van der Waals surface area (Å²) in [6, 6.07) is 13.1. The van der Waals surface area contributed by atoms with Gasteiger partial charge < -0.3 is 23.7 Å². The van der Waals surface area contributed by atoms with Gasteiger partial charge in [0.25, 0.3) is 0 Å². The third kappa shape index (κ3) is 5.72. The van der Waals surface area contributed by atoms with Gasteiger partial charge in [-0.15, -0.1) is 0 Å². The van der Waals surface area contributed by atoms with Crippen LogP contribution in [0.4, 0.5) is 0 Å². The Morgan fingerprint density at radius 3 is 2.57 bits per heavy atom. The van der Waals surface area contributed by atoms with Crippen molar-refractivity contribution in [3.05, 3.63) is 54.1 Å². The highest BCUT2D eigenvalue weighted by Crippen LogP contribution is 2.18. The first-order valence-electron chi connectivity index (χ1n) is 9.00. The highest BCUT2D eigenvalue weighted by molar-refractivity contribution is 5.90. The van der Waals surface area contributed by atoms with Crippen LogP contribution in [0.2, 0.25) is 0 Å². The average Bonchev–Trinajstić information content (AvgIpc) is 3.25. The lowest BCUT2D eigenvalue weighted by molar-refractivity contribution is -0.136. The molecule has 0 amide bonds. The van der Waals surface area contributed by atoms with Crippen LogP contribution in [0.25, 0.3) is 0 Å². The maximum Gasteiger partial charge on any atom is 0.349 e. The van der Waals surface area contributed by atoms with E-state index < -0.39 is 11.9 Å². The molecule has 2 aromatic carbocycles. The third-order valence-corrected chi connectivity index (χ3v) is 4.14. The first kappa shape index (κ1) is 19.7. The molecule has 1 saturated heterocycles. The van der Waals surface area contributed by atoms with Crippen molar-refractivity contribution >= 4 is 11.9 Å². The van der Waals surface area contributed by atoms with Crippen molar-refractivity contribution in [2.45, 2.75) is 18.9 Å². The number of hydrogen-bond acceptors (Lipinski definition) is 7. The average molecular weight is 386 g/mol. The van der Waals surface area contributed by atoms with Crippen LogP contribution < -0.4 is 14.2 Å². The molecule has 1 unspecified atom stereocenters. The summed E-state index contributed by atoms with van der Waals surface area (Å²) in [5.41, 5.74) is 0.305. The van der Waals surface area contributed by atoms with E-state index in [4.69, 9.17) is 23.7 Å². The van der Waals surface area contributed by atoms with Gasteiger partial charge in [-0.05, 0) is 55.3 Å². The van der Waals surface area contributed by atoms with Gasteiger partial charge in [-0.2, -0.15) is 0 Å². The molecule has 0 aliphatic carbocycles. The van der Waals surface area contributed by atoms with Gasteiger partial charge in [-0.1, -0.05) is 6.07 Å². The molecule has 1 fully saturated rings. The largest absolute Gasteiger partial charge is 0.497 e. The van der Waals surface area contributed by atoms with Crippen LogP contribution in [0.15, 0.2) is 48.5 Å². The summed E-state index contributed by atoms with van der Waals surface area (Å²) >= 11 is 0. The Balaban J connectivity index is 1.48. The van der Waals surface area contributed by atoms with E-state index >= 15 is 0 Å². The van der Waals surface area contributed by atoms with Gasteiger partial charge in [0.05, 0.1) is 18.8 Å². The summed E-state index contributed by atoms with van der Waals surface area (Å²) in [4.78, 5) is 24.1. The molecule has 0 radical (unpaired) electrons. The Kier molecular flexibility index (Phi) is 6.86. The first-order chi connectivity index (χ1) is 13.6. The molecule has 148 valence electrons. The Morgan fingerprint density at radius 1 is 1.07 bits per heavy atom. The van der Waals surface area contributed by atoms with Gasteiger partial charge in [0.15, 0.2) is 6.61 Å². The van der Waals surface area contributed by atoms with Crippen LogP contribution in [0, 0.1) is 0 Å². The summed E-state index contributed by atoms with van der Waals surface area (Å²) in [5.74, 6) is 0.390. The topological polar surface area (TPSA) is 80.3 Å². The van der Waals surface area contributed by atoms with E-state index in [1.807, 2.05) is 0 Å². The zero-order valence-electron chi connectivity index (χ0n) is 15.6. The molecule has 0 aromatic heterocycles. The molecule has 28 heavy (non-hydrogen) atoms. The molecule has 2 aromatic rings. The van der Waals surface area contributed by atoms with E-state index in [-0.39, 0.29) is 25.1 Å². The van der Waals surface area contributed by atoms with Crippen molar-refractivity contribution in [3.63, 3.8) is 0 Å². The maximum atomic E-state index is 12.1. The minimum Gasteiger partial charge on any atom is -0.497 e. The van der Waals surface area contributed by atoms with Crippen molar-refractivity contribution in [3.8, 4) is 17.2 Å². The van der Waals surface area contributed by atoms with Crippen molar-refractivity contribution in [2.24, 2.45) is 0 Å². The summed E-state index contributed by atoms with van der Waals surface area (Å²) in [5, 5.41) is 0. The summed E-state index contributed by atoms with van der Waals surface area (Å²) in [6.07, 6.45) is 1.82. The second-order valence-electron chi connectivity index (χ2n) is 6.20. The van der Waals surface area contributed by atoms with Crippen molar-refractivity contribution < 1.29 is 33.3 Å². The van der Waals surface area contributed by atoms with Crippen LogP contribution in [0.5, 0.6) is 17.2 Å². The van der Waals surface area contributed by atoms with Crippen LogP contribution in [-0.2, 0) is 14.3 Å². The predicted octanol–water partition coefficient (Wildman–Crippen LogP) is 3.02. The molecule has 3 rings (SSSR count). The minimum atomic E-state index is -0.583. The highest BCUT2D eigenvalue weighted by Gasteiger charge is 2.18. The molecule has 0 bridgehead atoms. The molecular formula is C21H22O7. The second-order valence-corrected chi connectivity index (χ2v) is 6.20. The van der Waals surface area contributed by atoms with Crippen molar-refractivity contribution in [1.82, 2.24) is 0 Å². The Hall–Kier alpha value is -3.06. The number of methoxy groups -OCH3 is 1. The van der Waals surface area contributed by atoms with Crippen LogP contribution in [0.3, 0.4) is 0 Å². The lowest BCUT2D eigenvalue weighted by atomic mass is 10.2. The lowest BCUT2D eigenvalue weighted by Gasteiger charge is -2.11. The number of carbonyl (C=O) groups excluding carboxylic acids is 2. The fraction of sp³-hybridized carbons (Fsp3) is 0.333. The molecule has 0 saturated carbocycles. The van der Waals surface area contributed by atoms with Gasteiger partial charge in [0, 0.05) is 6.61 Å². The second kappa shape index (κ2) is 9.75. The van der Waals surface area contributed by atoms with Gasteiger partial charge in [0.1, 0.15) is 23.9 Å². The summed E-state index contributed by atoms with van der Waals surface area (Å²) < 4.78 is 26.3. The molecule has 0 spiro atoms. The smallest absolute Gasteiger partial charge is 0.349 e. The Bertz CT molecular complexity index is 795. The molecule has 1 aliphatic rings. The Labute approximate surface area is 163 Å². The minimum absolute atomic E-state index is 0.0416. The van der Waals surface area contributed by atoms with E-state index in [9.17, 15) is 9.59 Å². The summed E-state index contributed by atoms with van der Waals surface area (Å²) in [7, 11) is 1.57. The fourth-order valence-corrected chi connectivity index (χ4v) is 2.69. The number of rotatable bonds is 8. The van der Waals surface area contributed by atoms with Crippen molar-refractivity contribution in [1.29, 1.82) is 0 Å². The molecule has 1 heterocycles. The van der Waals surface area contributed by atoms with Crippen LogP contribution in [-0.4, -0.2) is 45.0 Å². The molecule has 1 atom stereocenters. The number of carbonyl (C=O) groups is 2. The molecule has 7 heteroatoms. The van der Waals surface area contributed by atoms with Gasteiger partial charge in [-0.25, -0.2) is 9.59 Å². The monoisotopic (exact) mass is 386 g/mol. The van der Waals surface area contributed by atoms with E-state index in [0.717, 1.165) is 12.8 Å². The standard InChI is InChI=1S/C21H22O7/c1-24-16-7-9-17(10-8-16)26-14-20(22)28-18-5-2-4-15(12-18)21(23)27-13-19-6-3-11-25-19/h2,4-5,7-10,12,19H,3,6,11,13-14H2,1H3. The van der Waals surface area contributed by atoms with Gasteiger partial charge in [0.2, 0.25) is 0 Å². The fourth-order valence-electron chi connectivity index (χ4n) is 2.69. The maximum absolute atomic E-state index is 12.1. The molecule has 0 N–H and O–H groups in total. The van der Waals surface area contributed by atoms with E-state index in [1.165, 1.54) is 6.07 Å². The summed E-state index contributed by atoms with van der Waals surface area (Å²) in [6.45, 7) is 0.658. The molecular weight excluding hydrogens is 364 g/mol. The van der Waals surface area contributed by atoms with Gasteiger partial charge >= 0.3 is 11.9 Å². The Morgan fingerprint density at radius 2 is 1.86 bits per heavy atom. The first-order valence-corrected chi connectivity index (χ1v) is 9.00. The quantitative estimate of drug-likeness (QED) is 0.510. The SMILES string of the molecule is COc1ccc(OCC(=O)Oc2cccc(C(=O)OCC3CCCO3)c2)cc1. The molecule has 7 nitrogen and oxygen atoms in total.